The standard InChI is InChI=1S/C14H27NO2/c1-13(2,3)10-8-15(7)12(16)17-9-11(10)14(4,5)6/h10-11H,8-9H2,1-7H3. The average Bonchev–Trinajstić information content (AvgIpc) is 2.25. The second-order valence-electron chi connectivity index (χ2n) is 7.40. The molecule has 2 unspecified atom stereocenters. The summed E-state index contributed by atoms with van der Waals surface area (Å²) in [6.07, 6.45) is -0.189. The number of hydrogen-bond acceptors (Lipinski definition) is 2. The van der Waals surface area contributed by atoms with E-state index < -0.39 is 0 Å². The molecule has 2 atom stereocenters. The zero-order chi connectivity index (χ0) is 13.4. The van der Waals surface area contributed by atoms with Gasteiger partial charge in [0.25, 0.3) is 0 Å². The van der Waals surface area contributed by atoms with Crippen molar-refractivity contribution < 1.29 is 9.53 Å². The van der Waals surface area contributed by atoms with Gasteiger partial charge < -0.3 is 9.64 Å². The van der Waals surface area contributed by atoms with E-state index >= 15 is 0 Å². The number of amides is 1. The number of rotatable bonds is 0. The minimum atomic E-state index is -0.189. The Morgan fingerprint density at radius 1 is 1.06 bits per heavy atom. The molecule has 0 aliphatic carbocycles. The van der Waals surface area contributed by atoms with E-state index in [2.05, 4.69) is 41.5 Å². The van der Waals surface area contributed by atoms with E-state index in [4.69, 9.17) is 4.74 Å². The molecule has 0 aromatic carbocycles. The van der Waals surface area contributed by atoms with Crippen LogP contribution >= 0.6 is 0 Å². The smallest absolute Gasteiger partial charge is 0.409 e. The predicted molar refractivity (Wildman–Crippen MR) is 69.9 cm³/mol. The molecule has 1 saturated heterocycles. The number of cyclic esters (lactones) is 1. The summed E-state index contributed by atoms with van der Waals surface area (Å²) in [5, 5.41) is 0. The predicted octanol–water partition coefficient (Wildman–Crippen LogP) is 3.39. The van der Waals surface area contributed by atoms with Crippen LogP contribution in [0, 0.1) is 22.7 Å². The van der Waals surface area contributed by atoms with Gasteiger partial charge in [0.1, 0.15) is 0 Å². The summed E-state index contributed by atoms with van der Waals surface area (Å²) >= 11 is 0. The van der Waals surface area contributed by atoms with Crippen molar-refractivity contribution in [3.8, 4) is 0 Å². The van der Waals surface area contributed by atoms with Crippen LogP contribution in [0.4, 0.5) is 4.79 Å². The molecular formula is C14H27NO2. The van der Waals surface area contributed by atoms with Crippen molar-refractivity contribution in [3.63, 3.8) is 0 Å². The maximum absolute atomic E-state index is 11.7. The number of carbonyl (C=O) groups excluding carboxylic acids is 1. The van der Waals surface area contributed by atoms with Crippen LogP contribution < -0.4 is 0 Å². The third-order valence-electron chi connectivity index (χ3n) is 3.88. The molecule has 3 nitrogen and oxygen atoms in total. The highest BCUT2D eigenvalue weighted by Gasteiger charge is 2.42. The first-order valence-corrected chi connectivity index (χ1v) is 6.41. The van der Waals surface area contributed by atoms with E-state index in [0.717, 1.165) is 6.54 Å². The van der Waals surface area contributed by atoms with Crippen LogP contribution in [0.15, 0.2) is 0 Å². The Kier molecular flexibility index (Phi) is 3.80. The van der Waals surface area contributed by atoms with Gasteiger partial charge in [-0.25, -0.2) is 4.79 Å². The van der Waals surface area contributed by atoms with Crippen LogP contribution in [-0.2, 0) is 4.74 Å². The number of hydrogen-bond donors (Lipinski definition) is 0. The minimum absolute atomic E-state index is 0.156. The van der Waals surface area contributed by atoms with Gasteiger partial charge >= 0.3 is 6.09 Å². The molecule has 1 amide bonds. The first-order valence-electron chi connectivity index (χ1n) is 6.41. The Labute approximate surface area is 106 Å². The molecule has 0 spiro atoms. The third-order valence-corrected chi connectivity index (χ3v) is 3.88. The zero-order valence-electron chi connectivity index (χ0n) is 12.3. The second kappa shape index (κ2) is 4.51. The molecule has 1 rings (SSSR count). The Hall–Kier alpha value is -0.730. The van der Waals surface area contributed by atoms with Gasteiger partial charge in [0, 0.05) is 19.5 Å². The lowest BCUT2D eigenvalue weighted by atomic mass is 9.64. The van der Waals surface area contributed by atoms with Crippen LogP contribution in [0.25, 0.3) is 0 Å². The largest absolute Gasteiger partial charge is 0.449 e. The summed E-state index contributed by atoms with van der Waals surface area (Å²) in [6.45, 7) is 14.8. The van der Waals surface area contributed by atoms with E-state index in [1.54, 1.807) is 4.90 Å². The molecule has 3 heteroatoms. The summed E-state index contributed by atoms with van der Waals surface area (Å²) in [6, 6.07) is 0. The average molecular weight is 241 g/mol. The molecule has 0 aromatic heterocycles. The molecule has 1 aliphatic rings. The van der Waals surface area contributed by atoms with Crippen LogP contribution in [0.1, 0.15) is 41.5 Å². The summed E-state index contributed by atoms with van der Waals surface area (Å²) in [4.78, 5) is 13.4. The van der Waals surface area contributed by atoms with Gasteiger partial charge in [-0.1, -0.05) is 41.5 Å². The number of carbonyl (C=O) groups is 1. The molecule has 0 saturated carbocycles. The highest BCUT2D eigenvalue weighted by atomic mass is 16.6. The quantitative estimate of drug-likeness (QED) is 0.650. The minimum Gasteiger partial charge on any atom is -0.449 e. The summed E-state index contributed by atoms with van der Waals surface area (Å²) in [7, 11) is 1.83. The monoisotopic (exact) mass is 241 g/mol. The van der Waals surface area contributed by atoms with E-state index in [0.29, 0.717) is 18.4 Å². The fraction of sp³-hybridized carbons (Fsp3) is 0.929. The maximum Gasteiger partial charge on any atom is 0.409 e. The Morgan fingerprint density at radius 2 is 1.53 bits per heavy atom. The molecule has 1 heterocycles. The SMILES string of the molecule is CN1CC(C(C)(C)C)C(C(C)(C)C)COC1=O. The molecule has 0 radical (unpaired) electrons. The summed E-state index contributed by atoms with van der Waals surface area (Å²) in [5.41, 5.74) is 0.337. The van der Waals surface area contributed by atoms with Gasteiger partial charge in [0.05, 0.1) is 6.61 Å². The summed E-state index contributed by atoms with van der Waals surface area (Å²) in [5.74, 6) is 0.857. The van der Waals surface area contributed by atoms with Gasteiger partial charge in [-0.05, 0) is 16.7 Å². The Bertz CT molecular complexity index is 286. The van der Waals surface area contributed by atoms with Crippen molar-refractivity contribution >= 4 is 6.09 Å². The van der Waals surface area contributed by atoms with Gasteiger partial charge in [-0.3, -0.25) is 0 Å². The number of nitrogens with zero attached hydrogens (tertiary/aromatic N) is 1. The molecule has 100 valence electrons. The number of ether oxygens (including phenoxy) is 1. The lowest BCUT2D eigenvalue weighted by molar-refractivity contribution is 0.0357. The van der Waals surface area contributed by atoms with Crippen molar-refractivity contribution in [1.82, 2.24) is 4.90 Å². The lowest BCUT2D eigenvalue weighted by Gasteiger charge is -2.42. The van der Waals surface area contributed by atoms with E-state index in [9.17, 15) is 4.79 Å². The molecule has 1 fully saturated rings. The van der Waals surface area contributed by atoms with E-state index in [-0.39, 0.29) is 16.9 Å². The highest BCUT2D eigenvalue weighted by molar-refractivity contribution is 5.67. The Morgan fingerprint density at radius 3 is 1.94 bits per heavy atom. The van der Waals surface area contributed by atoms with Crippen LogP contribution in [0.5, 0.6) is 0 Å². The first-order chi connectivity index (χ1) is 7.53. The van der Waals surface area contributed by atoms with Crippen molar-refractivity contribution in [2.45, 2.75) is 41.5 Å². The molecule has 0 bridgehead atoms. The third kappa shape index (κ3) is 3.36. The van der Waals surface area contributed by atoms with Crippen molar-refractivity contribution in [2.75, 3.05) is 20.2 Å². The molecule has 0 N–H and O–H groups in total. The van der Waals surface area contributed by atoms with Crippen molar-refractivity contribution in [1.29, 1.82) is 0 Å². The van der Waals surface area contributed by atoms with Gasteiger partial charge in [-0.15, -0.1) is 0 Å². The molecular weight excluding hydrogens is 214 g/mol. The summed E-state index contributed by atoms with van der Waals surface area (Å²) < 4.78 is 5.37. The molecule has 17 heavy (non-hydrogen) atoms. The lowest BCUT2D eigenvalue weighted by Crippen LogP contribution is -2.42. The van der Waals surface area contributed by atoms with E-state index in [1.807, 2.05) is 7.05 Å². The van der Waals surface area contributed by atoms with Gasteiger partial charge in [-0.2, -0.15) is 0 Å². The van der Waals surface area contributed by atoms with Crippen LogP contribution in [0.2, 0.25) is 0 Å². The topological polar surface area (TPSA) is 29.5 Å². The Balaban J connectivity index is 3.03. The van der Waals surface area contributed by atoms with Crippen molar-refractivity contribution in [3.05, 3.63) is 0 Å². The maximum atomic E-state index is 11.7. The van der Waals surface area contributed by atoms with Gasteiger partial charge in [0.2, 0.25) is 0 Å². The van der Waals surface area contributed by atoms with Crippen LogP contribution in [0.3, 0.4) is 0 Å². The molecule has 0 aromatic rings. The highest BCUT2D eigenvalue weighted by Crippen LogP contribution is 2.42. The molecule has 1 aliphatic heterocycles. The first kappa shape index (κ1) is 14.3. The van der Waals surface area contributed by atoms with Crippen LogP contribution in [-0.4, -0.2) is 31.2 Å². The fourth-order valence-electron chi connectivity index (χ4n) is 2.62. The zero-order valence-corrected chi connectivity index (χ0v) is 12.3. The van der Waals surface area contributed by atoms with Gasteiger partial charge in [0.15, 0.2) is 0 Å². The fourth-order valence-corrected chi connectivity index (χ4v) is 2.62. The normalized spacial score (nSPS) is 27.7. The second-order valence-corrected chi connectivity index (χ2v) is 7.40. The van der Waals surface area contributed by atoms with E-state index in [1.165, 1.54) is 0 Å². The van der Waals surface area contributed by atoms with Crippen molar-refractivity contribution in [2.24, 2.45) is 22.7 Å².